The van der Waals surface area contributed by atoms with E-state index in [4.69, 9.17) is 9.47 Å². The van der Waals surface area contributed by atoms with Crippen LogP contribution in [0, 0.1) is 5.82 Å². The topological polar surface area (TPSA) is 47.6 Å². The highest BCUT2D eigenvalue weighted by atomic mass is 79.9. The van der Waals surface area contributed by atoms with Crippen molar-refractivity contribution in [3.8, 4) is 11.5 Å². The Morgan fingerprint density at radius 3 is 2.76 bits per heavy atom. The fourth-order valence-corrected chi connectivity index (χ4v) is 2.54. The summed E-state index contributed by atoms with van der Waals surface area (Å²) in [6.07, 6.45) is 3.09. The van der Waals surface area contributed by atoms with Crippen LogP contribution in [-0.2, 0) is 11.3 Å². The van der Waals surface area contributed by atoms with Crippen molar-refractivity contribution in [2.45, 2.75) is 13.5 Å². The molecule has 0 aliphatic heterocycles. The Hall–Kier alpha value is -2.34. The number of hydrogen-bond acceptors (Lipinski definition) is 3. The molecule has 1 N–H and O–H groups in total. The van der Waals surface area contributed by atoms with Gasteiger partial charge in [-0.25, -0.2) is 4.39 Å². The van der Waals surface area contributed by atoms with E-state index >= 15 is 0 Å². The largest absolute Gasteiger partial charge is 0.493 e. The summed E-state index contributed by atoms with van der Waals surface area (Å²) in [5, 5.41) is 2.72. The van der Waals surface area contributed by atoms with Gasteiger partial charge < -0.3 is 14.8 Å². The number of halogens is 2. The average Bonchev–Trinajstić information content (AvgIpc) is 2.61. The number of nitrogens with one attached hydrogen (secondary N) is 1. The average molecular weight is 408 g/mol. The van der Waals surface area contributed by atoms with Crippen LogP contribution in [0.4, 0.5) is 4.39 Å². The highest BCUT2D eigenvalue weighted by molar-refractivity contribution is 9.10. The van der Waals surface area contributed by atoms with Crippen LogP contribution in [0.1, 0.15) is 18.1 Å². The zero-order valence-corrected chi connectivity index (χ0v) is 15.6. The van der Waals surface area contributed by atoms with E-state index in [1.54, 1.807) is 31.4 Å². The van der Waals surface area contributed by atoms with Crippen LogP contribution in [0.25, 0.3) is 6.08 Å². The second-order valence-electron chi connectivity index (χ2n) is 5.13. The lowest BCUT2D eigenvalue weighted by molar-refractivity contribution is -0.116. The Bertz CT molecular complexity index is 777. The third-order valence-electron chi connectivity index (χ3n) is 3.38. The van der Waals surface area contributed by atoms with E-state index in [0.717, 1.165) is 10.0 Å². The lowest BCUT2D eigenvalue weighted by Gasteiger charge is -2.09. The predicted molar refractivity (Wildman–Crippen MR) is 99.1 cm³/mol. The molecule has 0 bridgehead atoms. The molecule has 0 radical (unpaired) electrons. The van der Waals surface area contributed by atoms with Crippen LogP contribution in [0.2, 0.25) is 0 Å². The first-order valence-electron chi connectivity index (χ1n) is 7.74. The number of ether oxygens (including phenoxy) is 2. The van der Waals surface area contributed by atoms with Crippen molar-refractivity contribution in [2.75, 3.05) is 13.7 Å². The summed E-state index contributed by atoms with van der Waals surface area (Å²) >= 11 is 3.33. The van der Waals surface area contributed by atoms with Crippen LogP contribution in [0.3, 0.4) is 0 Å². The van der Waals surface area contributed by atoms with E-state index in [-0.39, 0.29) is 18.3 Å². The summed E-state index contributed by atoms with van der Waals surface area (Å²) < 4.78 is 24.7. The lowest BCUT2D eigenvalue weighted by atomic mass is 10.2. The van der Waals surface area contributed by atoms with Gasteiger partial charge in [-0.15, -0.1) is 0 Å². The minimum absolute atomic E-state index is 0.230. The Kier molecular flexibility index (Phi) is 7.01. The van der Waals surface area contributed by atoms with Gasteiger partial charge in [0.1, 0.15) is 5.82 Å². The van der Waals surface area contributed by atoms with Gasteiger partial charge >= 0.3 is 0 Å². The molecule has 0 unspecified atom stereocenters. The molecule has 0 aliphatic rings. The number of methoxy groups -OCH3 is 1. The molecule has 0 atom stereocenters. The maximum atomic E-state index is 13.2. The number of amides is 1. The third kappa shape index (κ3) is 5.60. The molecule has 0 saturated heterocycles. The minimum Gasteiger partial charge on any atom is -0.493 e. The summed E-state index contributed by atoms with van der Waals surface area (Å²) in [4.78, 5) is 11.9. The Balaban J connectivity index is 1.99. The van der Waals surface area contributed by atoms with Crippen LogP contribution in [-0.4, -0.2) is 19.6 Å². The van der Waals surface area contributed by atoms with Crippen molar-refractivity contribution >= 4 is 27.9 Å². The molecule has 132 valence electrons. The monoisotopic (exact) mass is 407 g/mol. The van der Waals surface area contributed by atoms with E-state index in [1.807, 2.05) is 13.0 Å². The molecular formula is C19H19BrFNO3. The maximum Gasteiger partial charge on any atom is 0.244 e. The molecule has 0 spiro atoms. The SMILES string of the molecule is CCOc1ccc(/C=C/C(=O)NCc2cc(F)ccc2Br)cc1OC. The Labute approximate surface area is 154 Å². The second kappa shape index (κ2) is 9.22. The molecule has 2 rings (SSSR count). The van der Waals surface area contributed by atoms with E-state index in [1.165, 1.54) is 18.2 Å². The van der Waals surface area contributed by atoms with Gasteiger partial charge in [0.05, 0.1) is 13.7 Å². The van der Waals surface area contributed by atoms with Crippen LogP contribution in [0.5, 0.6) is 11.5 Å². The third-order valence-corrected chi connectivity index (χ3v) is 4.15. The van der Waals surface area contributed by atoms with Gasteiger partial charge in [-0.3, -0.25) is 4.79 Å². The van der Waals surface area contributed by atoms with Crippen molar-refractivity contribution < 1.29 is 18.7 Å². The zero-order chi connectivity index (χ0) is 18.2. The molecule has 0 aliphatic carbocycles. The summed E-state index contributed by atoms with van der Waals surface area (Å²) in [7, 11) is 1.56. The van der Waals surface area contributed by atoms with Crippen LogP contribution in [0.15, 0.2) is 46.9 Å². The smallest absolute Gasteiger partial charge is 0.244 e. The molecule has 0 saturated carbocycles. The first-order valence-corrected chi connectivity index (χ1v) is 8.53. The predicted octanol–water partition coefficient (Wildman–Crippen LogP) is 4.33. The zero-order valence-electron chi connectivity index (χ0n) is 14.0. The fraction of sp³-hybridized carbons (Fsp3) is 0.211. The summed E-state index contributed by atoms with van der Waals surface area (Å²) in [5.74, 6) is 0.643. The Morgan fingerprint density at radius 1 is 1.24 bits per heavy atom. The van der Waals surface area contributed by atoms with Crippen molar-refractivity contribution in [2.24, 2.45) is 0 Å². The van der Waals surface area contributed by atoms with Crippen molar-refractivity contribution in [1.82, 2.24) is 5.32 Å². The van der Waals surface area contributed by atoms with Gasteiger partial charge in [-0.1, -0.05) is 22.0 Å². The number of rotatable bonds is 7. The first-order chi connectivity index (χ1) is 12.0. The van der Waals surface area contributed by atoms with E-state index in [2.05, 4.69) is 21.2 Å². The molecule has 2 aromatic rings. The highest BCUT2D eigenvalue weighted by Crippen LogP contribution is 2.28. The van der Waals surface area contributed by atoms with Crippen molar-refractivity contribution in [1.29, 1.82) is 0 Å². The van der Waals surface area contributed by atoms with Crippen molar-refractivity contribution in [3.05, 3.63) is 63.9 Å². The van der Waals surface area contributed by atoms with E-state index in [9.17, 15) is 9.18 Å². The molecular weight excluding hydrogens is 389 g/mol. The number of carbonyl (C=O) groups is 1. The molecule has 1 amide bonds. The minimum atomic E-state index is -0.343. The number of carbonyl (C=O) groups excluding carboxylic acids is 1. The van der Waals surface area contributed by atoms with Crippen LogP contribution >= 0.6 is 15.9 Å². The standard InChI is InChI=1S/C19H19BrFNO3/c1-3-25-17-8-4-13(10-18(17)24-2)5-9-19(23)22-12-14-11-15(21)6-7-16(14)20/h4-11H,3,12H2,1-2H3,(H,22,23)/b9-5+. The summed E-state index contributed by atoms with van der Waals surface area (Å²) in [5.41, 5.74) is 1.48. The van der Waals surface area contributed by atoms with Gasteiger partial charge in [0, 0.05) is 17.1 Å². The quantitative estimate of drug-likeness (QED) is 0.694. The lowest BCUT2D eigenvalue weighted by Crippen LogP contribution is -2.20. The molecule has 0 aromatic heterocycles. The number of hydrogen-bond donors (Lipinski definition) is 1. The summed E-state index contributed by atoms with van der Waals surface area (Å²) in [6.45, 7) is 2.67. The van der Waals surface area contributed by atoms with Gasteiger partial charge in [0.15, 0.2) is 11.5 Å². The maximum absolute atomic E-state index is 13.2. The highest BCUT2D eigenvalue weighted by Gasteiger charge is 2.05. The molecule has 0 fully saturated rings. The fourth-order valence-electron chi connectivity index (χ4n) is 2.15. The first kappa shape index (κ1) is 19.0. The van der Waals surface area contributed by atoms with Crippen molar-refractivity contribution in [3.63, 3.8) is 0 Å². The number of benzene rings is 2. The normalized spacial score (nSPS) is 10.7. The summed E-state index contributed by atoms with van der Waals surface area (Å²) in [6, 6.07) is 9.76. The molecule has 0 heterocycles. The van der Waals surface area contributed by atoms with Gasteiger partial charge in [-0.05, 0) is 54.5 Å². The molecule has 2 aromatic carbocycles. The van der Waals surface area contributed by atoms with Crippen LogP contribution < -0.4 is 14.8 Å². The van der Waals surface area contributed by atoms with Gasteiger partial charge in [0.25, 0.3) is 0 Å². The molecule has 25 heavy (non-hydrogen) atoms. The van der Waals surface area contributed by atoms with Gasteiger partial charge in [-0.2, -0.15) is 0 Å². The van der Waals surface area contributed by atoms with Gasteiger partial charge in [0.2, 0.25) is 5.91 Å². The molecule has 6 heteroatoms. The molecule has 4 nitrogen and oxygen atoms in total. The Morgan fingerprint density at radius 2 is 2.04 bits per heavy atom. The van der Waals surface area contributed by atoms with E-state index < -0.39 is 0 Å². The van der Waals surface area contributed by atoms with E-state index in [0.29, 0.717) is 23.7 Å². The second-order valence-corrected chi connectivity index (χ2v) is 5.98.